The fraction of sp³-hybridized carbons (Fsp3) is 0.400. The van der Waals surface area contributed by atoms with Crippen LogP contribution in [0.1, 0.15) is 30.2 Å². The highest BCUT2D eigenvalue weighted by Gasteiger charge is 2.03. The quantitative estimate of drug-likeness (QED) is 0.820. The summed E-state index contributed by atoms with van der Waals surface area (Å²) in [7, 11) is 0. The maximum atomic E-state index is 6.24. The minimum Gasteiger partial charge on any atom is -0.333 e. The fourth-order valence-electron chi connectivity index (χ4n) is 1.95. The summed E-state index contributed by atoms with van der Waals surface area (Å²) < 4.78 is 2.07. The minimum absolute atomic E-state index is 0.764. The number of hydrogen-bond acceptors (Lipinski definition) is 2. The van der Waals surface area contributed by atoms with Gasteiger partial charge in [0.1, 0.15) is 0 Å². The van der Waals surface area contributed by atoms with Gasteiger partial charge in [-0.2, -0.15) is 0 Å². The molecule has 19 heavy (non-hydrogen) atoms. The first kappa shape index (κ1) is 14.1. The summed E-state index contributed by atoms with van der Waals surface area (Å²) >= 11 is 6.24. The topological polar surface area (TPSA) is 29.9 Å². The molecule has 102 valence electrons. The van der Waals surface area contributed by atoms with Crippen LogP contribution in [0.25, 0.3) is 0 Å². The number of halogens is 1. The summed E-state index contributed by atoms with van der Waals surface area (Å²) in [5, 5.41) is 4.16. The van der Waals surface area contributed by atoms with Crippen LogP contribution in [-0.2, 0) is 13.1 Å². The Labute approximate surface area is 119 Å². The Hall–Kier alpha value is -1.32. The molecule has 0 aliphatic heterocycles. The second-order valence-electron chi connectivity index (χ2n) is 4.81. The fourth-order valence-corrected chi connectivity index (χ4v) is 2.25. The smallest absolute Gasteiger partial charge is 0.0953 e. The van der Waals surface area contributed by atoms with E-state index in [0.29, 0.717) is 0 Å². The Morgan fingerprint density at radius 1 is 1.37 bits per heavy atom. The standard InChI is InChI=1S/C15H20ClN3/c1-3-6-17-8-14-10-19(11-18-14)9-13-5-4-12(2)7-15(13)16/h4-5,7,10-11,17H,3,6,8-9H2,1-2H3. The van der Waals surface area contributed by atoms with E-state index in [1.165, 1.54) is 5.56 Å². The first-order chi connectivity index (χ1) is 9.19. The minimum atomic E-state index is 0.764. The molecule has 1 aromatic heterocycles. The molecule has 0 fully saturated rings. The average Bonchev–Trinajstić information content (AvgIpc) is 2.81. The summed E-state index contributed by atoms with van der Waals surface area (Å²) in [5.74, 6) is 0. The molecule has 0 saturated heterocycles. The van der Waals surface area contributed by atoms with Gasteiger partial charge in [-0.05, 0) is 37.1 Å². The van der Waals surface area contributed by atoms with Crippen molar-refractivity contribution < 1.29 is 0 Å². The monoisotopic (exact) mass is 277 g/mol. The van der Waals surface area contributed by atoms with Crippen molar-refractivity contribution >= 4 is 11.6 Å². The third-order valence-corrected chi connectivity index (χ3v) is 3.33. The van der Waals surface area contributed by atoms with Crippen molar-refractivity contribution in [3.8, 4) is 0 Å². The zero-order valence-electron chi connectivity index (χ0n) is 11.5. The largest absolute Gasteiger partial charge is 0.333 e. The number of nitrogens with zero attached hydrogens (tertiary/aromatic N) is 2. The van der Waals surface area contributed by atoms with Gasteiger partial charge >= 0.3 is 0 Å². The van der Waals surface area contributed by atoms with Crippen LogP contribution in [0.5, 0.6) is 0 Å². The van der Waals surface area contributed by atoms with Gasteiger partial charge in [0.25, 0.3) is 0 Å². The van der Waals surface area contributed by atoms with E-state index in [1.54, 1.807) is 0 Å². The van der Waals surface area contributed by atoms with Gasteiger partial charge in [0.15, 0.2) is 0 Å². The number of rotatable bonds is 6. The predicted molar refractivity (Wildman–Crippen MR) is 79.5 cm³/mol. The number of aromatic nitrogens is 2. The van der Waals surface area contributed by atoms with Crippen LogP contribution in [0, 0.1) is 6.92 Å². The third-order valence-electron chi connectivity index (χ3n) is 2.98. The van der Waals surface area contributed by atoms with Crippen LogP contribution in [0.4, 0.5) is 0 Å². The normalized spacial score (nSPS) is 10.9. The molecule has 2 rings (SSSR count). The summed E-state index contributed by atoms with van der Waals surface area (Å²) in [6.45, 7) is 6.81. The van der Waals surface area contributed by atoms with Crippen LogP contribution in [0.15, 0.2) is 30.7 Å². The molecule has 0 unspecified atom stereocenters. The number of nitrogens with one attached hydrogen (secondary N) is 1. The van der Waals surface area contributed by atoms with E-state index < -0.39 is 0 Å². The van der Waals surface area contributed by atoms with E-state index >= 15 is 0 Å². The Kier molecular flexibility index (Phi) is 5.00. The molecule has 1 heterocycles. The summed E-state index contributed by atoms with van der Waals surface area (Å²) in [4.78, 5) is 4.39. The number of imidazole rings is 1. The van der Waals surface area contributed by atoms with Gasteiger partial charge in [-0.25, -0.2) is 4.98 Å². The first-order valence-corrected chi connectivity index (χ1v) is 7.03. The van der Waals surface area contributed by atoms with Crippen molar-refractivity contribution in [3.05, 3.63) is 52.6 Å². The zero-order chi connectivity index (χ0) is 13.7. The molecule has 0 radical (unpaired) electrons. The highest BCUT2D eigenvalue weighted by molar-refractivity contribution is 6.31. The van der Waals surface area contributed by atoms with Crippen molar-refractivity contribution in [1.82, 2.24) is 14.9 Å². The van der Waals surface area contributed by atoms with Crippen LogP contribution >= 0.6 is 11.6 Å². The lowest BCUT2D eigenvalue weighted by molar-refractivity contribution is 0.665. The molecule has 1 N–H and O–H groups in total. The van der Waals surface area contributed by atoms with Gasteiger partial charge in [0, 0.05) is 24.3 Å². The molecule has 2 aromatic rings. The van der Waals surface area contributed by atoms with Crippen LogP contribution < -0.4 is 5.32 Å². The van der Waals surface area contributed by atoms with E-state index in [4.69, 9.17) is 11.6 Å². The molecule has 0 bridgehead atoms. The van der Waals surface area contributed by atoms with Crippen molar-refractivity contribution in [2.75, 3.05) is 6.54 Å². The van der Waals surface area contributed by atoms with Crippen molar-refractivity contribution in [3.63, 3.8) is 0 Å². The van der Waals surface area contributed by atoms with E-state index in [1.807, 2.05) is 19.3 Å². The van der Waals surface area contributed by atoms with Crippen LogP contribution in [0.2, 0.25) is 5.02 Å². The Bertz CT molecular complexity index is 534. The SMILES string of the molecule is CCCNCc1cn(Cc2ccc(C)cc2Cl)cn1. The van der Waals surface area contributed by atoms with E-state index in [9.17, 15) is 0 Å². The molecular weight excluding hydrogens is 258 g/mol. The van der Waals surface area contributed by atoms with E-state index in [0.717, 1.165) is 42.3 Å². The molecule has 0 amide bonds. The van der Waals surface area contributed by atoms with Crippen molar-refractivity contribution in [2.45, 2.75) is 33.4 Å². The Morgan fingerprint density at radius 2 is 2.21 bits per heavy atom. The molecule has 0 saturated carbocycles. The lowest BCUT2D eigenvalue weighted by Gasteiger charge is -2.06. The highest BCUT2D eigenvalue weighted by Crippen LogP contribution is 2.18. The number of benzene rings is 1. The molecule has 0 aliphatic carbocycles. The number of aryl methyl sites for hydroxylation is 1. The second kappa shape index (κ2) is 6.73. The predicted octanol–water partition coefficient (Wildman–Crippen LogP) is 3.39. The lowest BCUT2D eigenvalue weighted by Crippen LogP contribution is -2.13. The highest BCUT2D eigenvalue weighted by atomic mass is 35.5. The molecular formula is C15H20ClN3. The maximum absolute atomic E-state index is 6.24. The third kappa shape index (κ3) is 4.08. The Morgan fingerprint density at radius 3 is 2.95 bits per heavy atom. The van der Waals surface area contributed by atoms with Crippen LogP contribution in [0.3, 0.4) is 0 Å². The summed E-state index contributed by atoms with van der Waals surface area (Å²) in [5.41, 5.74) is 3.37. The molecule has 3 nitrogen and oxygen atoms in total. The van der Waals surface area contributed by atoms with Crippen molar-refractivity contribution in [1.29, 1.82) is 0 Å². The van der Waals surface area contributed by atoms with Crippen LogP contribution in [-0.4, -0.2) is 16.1 Å². The lowest BCUT2D eigenvalue weighted by atomic mass is 10.1. The summed E-state index contributed by atoms with van der Waals surface area (Å²) in [6.07, 6.45) is 5.07. The molecule has 0 spiro atoms. The Balaban J connectivity index is 1.99. The number of hydrogen-bond donors (Lipinski definition) is 1. The van der Waals surface area contributed by atoms with Gasteiger partial charge < -0.3 is 9.88 Å². The van der Waals surface area contributed by atoms with E-state index in [2.05, 4.69) is 40.1 Å². The molecule has 4 heteroatoms. The van der Waals surface area contributed by atoms with E-state index in [-0.39, 0.29) is 0 Å². The van der Waals surface area contributed by atoms with Gasteiger partial charge in [0.2, 0.25) is 0 Å². The average molecular weight is 278 g/mol. The molecule has 0 atom stereocenters. The zero-order valence-corrected chi connectivity index (χ0v) is 12.2. The second-order valence-corrected chi connectivity index (χ2v) is 5.22. The molecule has 1 aromatic carbocycles. The molecule has 0 aliphatic rings. The van der Waals surface area contributed by atoms with Gasteiger partial charge in [0.05, 0.1) is 12.0 Å². The summed E-state index contributed by atoms with van der Waals surface area (Å²) in [6, 6.07) is 6.16. The van der Waals surface area contributed by atoms with Gasteiger partial charge in [-0.1, -0.05) is 30.7 Å². The van der Waals surface area contributed by atoms with Gasteiger partial charge in [-0.15, -0.1) is 0 Å². The first-order valence-electron chi connectivity index (χ1n) is 6.65. The van der Waals surface area contributed by atoms with Crippen molar-refractivity contribution in [2.24, 2.45) is 0 Å². The maximum Gasteiger partial charge on any atom is 0.0953 e. The van der Waals surface area contributed by atoms with Gasteiger partial charge in [-0.3, -0.25) is 0 Å².